The molecule has 0 spiro atoms. The van der Waals surface area contributed by atoms with Gasteiger partial charge in [-0.25, -0.2) is 0 Å². The van der Waals surface area contributed by atoms with Crippen LogP contribution >= 0.6 is 0 Å². The van der Waals surface area contributed by atoms with Gasteiger partial charge in [-0.3, -0.25) is 9.78 Å². The second-order valence-electron chi connectivity index (χ2n) is 4.70. The Labute approximate surface area is 119 Å². The molecule has 0 radical (unpaired) electrons. The van der Waals surface area contributed by atoms with Gasteiger partial charge < -0.3 is 10.6 Å². The minimum absolute atomic E-state index is 0.00919. The summed E-state index contributed by atoms with van der Waals surface area (Å²) in [5.74, 6) is 0.00919. The summed E-state index contributed by atoms with van der Waals surface area (Å²) in [7, 11) is 0. The van der Waals surface area contributed by atoms with E-state index in [1.165, 1.54) is 0 Å². The summed E-state index contributed by atoms with van der Waals surface area (Å²) in [5.41, 5.74) is 8.88. The zero-order valence-corrected chi connectivity index (χ0v) is 11.8. The van der Waals surface area contributed by atoms with Crippen molar-refractivity contribution in [1.82, 2.24) is 9.88 Å². The Morgan fingerprint density at radius 2 is 1.95 bits per heavy atom. The normalized spacial score (nSPS) is 10.3. The quantitative estimate of drug-likeness (QED) is 0.868. The number of anilines is 1. The molecule has 1 amide bonds. The number of benzene rings is 1. The van der Waals surface area contributed by atoms with Gasteiger partial charge in [0.2, 0.25) is 0 Å². The van der Waals surface area contributed by atoms with Crippen LogP contribution in [0.1, 0.15) is 28.5 Å². The summed E-state index contributed by atoms with van der Waals surface area (Å²) in [5, 5.41) is 0. The van der Waals surface area contributed by atoms with Gasteiger partial charge in [-0.15, -0.1) is 0 Å². The number of nitrogen functional groups attached to an aromatic ring is 1. The van der Waals surface area contributed by atoms with Gasteiger partial charge in [0.1, 0.15) is 0 Å². The molecular weight excluding hydrogens is 250 g/mol. The molecule has 20 heavy (non-hydrogen) atoms. The van der Waals surface area contributed by atoms with Crippen molar-refractivity contribution >= 4 is 11.6 Å². The largest absolute Gasteiger partial charge is 0.399 e. The molecule has 0 aliphatic heterocycles. The molecule has 1 heterocycles. The Morgan fingerprint density at radius 3 is 2.55 bits per heavy atom. The number of amides is 1. The molecule has 4 nitrogen and oxygen atoms in total. The fourth-order valence-electron chi connectivity index (χ4n) is 2.05. The van der Waals surface area contributed by atoms with Crippen LogP contribution in [-0.4, -0.2) is 22.3 Å². The number of pyridine rings is 1. The van der Waals surface area contributed by atoms with E-state index in [0.29, 0.717) is 18.7 Å². The summed E-state index contributed by atoms with van der Waals surface area (Å²) in [6, 6.07) is 11.2. The summed E-state index contributed by atoms with van der Waals surface area (Å²) < 4.78 is 0. The molecule has 0 fully saturated rings. The number of carbonyl (C=O) groups is 1. The molecule has 4 heteroatoms. The molecule has 0 bridgehead atoms. The van der Waals surface area contributed by atoms with E-state index in [4.69, 9.17) is 5.73 Å². The van der Waals surface area contributed by atoms with Crippen LogP contribution in [0.4, 0.5) is 5.69 Å². The average Bonchev–Trinajstić information content (AvgIpc) is 2.46. The Morgan fingerprint density at radius 1 is 1.25 bits per heavy atom. The minimum atomic E-state index is 0.00919. The van der Waals surface area contributed by atoms with Crippen LogP contribution in [0.5, 0.6) is 0 Å². The number of hydrogen-bond acceptors (Lipinski definition) is 3. The molecule has 0 unspecified atom stereocenters. The number of aromatic nitrogens is 1. The van der Waals surface area contributed by atoms with Crippen molar-refractivity contribution in [2.75, 3.05) is 12.3 Å². The molecule has 0 aliphatic rings. The van der Waals surface area contributed by atoms with E-state index in [-0.39, 0.29) is 5.91 Å². The molecule has 0 aliphatic carbocycles. The smallest absolute Gasteiger partial charge is 0.255 e. The highest BCUT2D eigenvalue weighted by Crippen LogP contribution is 2.13. The maximum atomic E-state index is 12.5. The lowest BCUT2D eigenvalue weighted by Crippen LogP contribution is -2.31. The topological polar surface area (TPSA) is 59.2 Å². The van der Waals surface area contributed by atoms with Gasteiger partial charge in [-0.05, 0) is 43.7 Å². The van der Waals surface area contributed by atoms with Crippen molar-refractivity contribution in [2.45, 2.75) is 20.4 Å². The third-order valence-electron chi connectivity index (χ3n) is 3.26. The number of nitrogens with two attached hydrogens (primary N) is 1. The van der Waals surface area contributed by atoms with E-state index < -0.39 is 0 Å². The second-order valence-corrected chi connectivity index (χ2v) is 4.70. The van der Waals surface area contributed by atoms with Crippen molar-refractivity contribution < 1.29 is 4.79 Å². The first-order chi connectivity index (χ1) is 9.61. The summed E-state index contributed by atoms with van der Waals surface area (Å²) in [6.45, 7) is 5.05. The van der Waals surface area contributed by atoms with E-state index in [1.54, 1.807) is 17.2 Å². The van der Waals surface area contributed by atoms with Gasteiger partial charge >= 0.3 is 0 Å². The summed E-state index contributed by atoms with van der Waals surface area (Å²) in [4.78, 5) is 18.5. The van der Waals surface area contributed by atoms with Crippen LogP contribution in [0.3, 0.4) is 0 Å². The second kappa shape index (κ2) is 6.19. The minimum Gasteiger partial charge on any atom is -0.399 e. The Balaban J connectivity index is 2.18. The van der Waals surface area contributed by atoms with Crippen LogP contribution in [-0.2, 0) is 6.54 Å². The molecule has 2 N–H and O–H groups in total. The van der Waals surface area contributed by atoms with Gasteiger partial charge in [-0.2, -0.15) is 0 Å². The number of aryl methyl sites for hydroxylation is 1. The molecular formula is C16H19N3O. The van der Waals surface area contributed by atoms with Crippen molar-refractivity contribution in [3.05, 3.63) is 59.4 Å². The number of hydrogen-bond donors (Lipinski definition) is 1. The predicted molar refractivity (Wildman–Crippen MR) is 80.2 cm³/mol. The van der Waals surface area contributed by atoms with Gasteiger partial charge in [0.25, 0.3) is 5.91 Å². The maximum absolute atomic E-state index is 12.5. The zero-order chi connectivity index (χ0) is 14.5. The van der Waals surface area contributed by atoms with Gasteiger partial charge in [0.05, 0.1) is 5.56 Å². The fraction of sp³-hybridized carbons (Fsp3) is 0.250. The molecule has 2 aromatic rings. The summed E-state index contributed by atoms with van der Waals surface area (Å²) in [6.07, 6.45) is 1.70. The van der Waals surface area contributed by atoms with Crippen LogP contribution in [0.15, 0.2) is 42.6 Å². The van der Waals surface area contributed by atoms with Crippen LogP contribution in [0.25, 0.3) is 0 Å². The van der Waals surface area contributed by atoms with Crippen LogP contribution in [0.2, 0.25) is 0 Å². The van der Waals surface area contributed by atoms with E-state index in [0.717, 1.165) is 16.9 Å². The molecule has 2 rings (SSSR count). The van der Waals surface area contributed by atoms with Crippen molar-refractivity contribution in [3.8, 4) is 0 Å². The summed E-state index contributed by atoms with van der Waals surface area (Å²) >= 11 is 0. The highest BCUT2D eigenvalue weighted by Gasteiger charge is 2.16. The lowest BCUT2D eigenvalue weighted by molar-refractivity contribution is 0.0751. The lowest BCUT2D eigenvalue weighted by atomic mass is 10.1. The Kier molecular flexibility index (Phi) is 4.35. The fourth-order valence-corrected chi connectivity index (χ4v) is 2.05. The van der Waals surface area contributed by atoms with Gasteiger partial charge in [-0.1, -0.05) is 12.1 Å². The van der Waals surface area contributed by atoms with E-state index in [1.807, 2.05) is 44.2 Å². The molecule has 1 aromatic heterocycles. The van der Waals surface area contributed by atoms with Gasteiger partial charge in [0.15, 0.2) is 0 Å². The lowest BCUT2D eigenvalue weighted by Gasteiger charge is -2.21. The van der Waals surface area contributed by atoms with Crippen molar-refractivity contribution in [2.24, 2.45) is 0 Å². The first-order valence-corrected chi connectivity index (χ1v) is 6.67. The first kappa shape index (κ1) is 14.1. The first-order valence-electron chi connectivity index (χ1n) is 6.67. The molecule has 0 saturated carbocycles. The maximum Gasteiger partial charge on any atom is 0.255 e. The van der Waals surface area contributed by atoms with Crippen molar-refractivity contribution in [1.29, 1.82) is 0 Å². The van der Waals surface area contributed by atoms with Gasteiger partial charge in [0, 0.05) is 30.7 Å². The molecule has 0 atom stereocenters. The highest BCUT2D eigenvalue weighted by atomic mass is 16.2. The third-order valence-corrected chi connectivity index (χ3v) is 3.26. The van der Waals surface area contributed by atoms with E-state index in [9.17, 15) is 4.79 Å². The van der Waals surface area contributed by atoms with Crippen molar-refractivity contribution in [3.63, 3.8) is 0 Å². The van der Waals surface area contributed by atoms with E-state index in [2.05, 4.69) is 4.98 Å². The Bertz CT molecular complexity index is 593. The molecule has 0 saturated heterocycles. The van der Waals surface area contributed by atoms with Crippen LogP contribution < -0.4 is 5.73 Å². The number of carbonyl (C=O) groups excluding carboxylic acids is 1. The average molecular weight is 269 g/mol. The van der Waals surface area contributed by atoms with Crippen LogP contribution in [0, 0.1) is 6.92 Å². The Hall–Kier alpha value is -2.36. The third kappa shape index (κ3) is 3.15. The predicted octanol–water partition coefficient (Wildman–Crippen LogP) is 2.63. The monoisotopic (exact) mass is 269 g/mol. The number of rotatable bonds is 4. The highest BCUT2D eigenvalue weighted by molar-refractivity contribution is 5.95. The standard InChI is InChI=1S/C16H19N3O/c1-3-19(11-13-6-8-14(17)9-7-13)16(20)15-5-4-10-18-12(15)2/h4-10H,3,11,17H2,1-2H3. The number of nitrogens with zero attached hydrogens (tertiary/aromatic N) is 2. The van der Waals surface area contributed by atoms with E-state index >= 15 is 0 Å². The molecule has 104 valence electrons. The SMILES string of the molecule is CCN(Cc1ccc(N)cc1)C(=O)c1cccnc1C. The molecule has 1 aromatic carbocycles. The zero-order valence-electron chi connectivity index (χ0n) is 11.8.